The van der Waals surface area contributed by atoms with E-state index in [0.29, 0.717) is 19.6 Å². The number of hydrogen-bond acceptors (Lipinski definition) is 3. The summed E-state index contributed by atoms with van der Waals surface area (Å²) in [5.41, 5.74) is 0. The number of nitrogens with zero attached hydrogens (tertiary/aromatic N) is 1. The Kier molecular flexibility index (Phi) is 1.75. The zero-order chi connectivity index (χ0) is 9.42. The standard InChI is InChI=1S/C7H10N2O4/c10-6-8-1-4-2-9(7(11)12)3-5(4)13-6/h4-5H,1-3H2,(H,8,10)(H,11,12)/t4-,5+/m1/s1. The number of ether oxygens (including phenoxy) is 1. The molecule has 0 aliphatic carbocycles. The molecule has 2 aliphatic rings. The summed E-state index contributed by atoms with van der Waals surface area (Å²) >= 11 is 0. The summed E-state index contributed by atoms with van der Waals surface area (Å²) in [6.45, 7) is 1.25. The predicted molar refractivity (Wildman–Crippen MR) is 41.4 cm³/mol. The molecular weight excluding hydrogens is 176 g/mol. The highest BCUT2D eigenvalue weighted by Gasteiger charge is 2.40. The molecule has 2 saturated heterocycles. The maximum atomic E-state index is 10.8. The van der Waals surface area contributed by atoms with Crippen LogP contribution in [0.4, 0.5) is 9.59 Å². The molecule has 2 amide bonds. The summed E-state index contributed by atoms with van der Waals surface area (Å²) < 4.78 is 4.94. The van der Waals surface area contributed by atoms with Crippen LogP contribution < -0.4 is 5.32 Å². The molecule has 2 heterocycles. The molecule has 0 radical (unpaired) electrons. The lowest BCUT2D eigenvalue weighted by atomic mass is 10.1. The van der Waals surface area contributed by atoms with Crippen molar-refractivity contribution in [3.63, 3.8) is 0 Å². The molecule has 0 bridgehead atoms. The maximum Gasteiger partial charge on any atom is 0.407 e. The number of carbonyl (C=O) groups is 2. The van der Waals surface area contributed by atoms with Gasteiger partial charge in [-0.15, -0.1) is 0 Å². The Bertz CT molecular complexity index is 255. The summed E-state index contributed by atoms with van der Waals surface area (Å²) in [5.74, 6) is 0.105. The third-order valence-electron chi connectivity index (χ3n) is 2.42. The van der Waals surface area contributed by atoms with Gasteiger partial charge in [0.15, 0.2) is 0 Å². The van der Waals surface area contributed by atoms with Crippen molar-refractivity contribution in [1.82, 2.24) is 10.2 Å². The molecule has 0 saturated carbocycles. The monoisotopic (exact) mass is 186 g/mol. The van der Waals surface area contributed by atoms with Crippen LogP contribution in [0.2, 0.25) is 0 Å². The van der Waals surface area contributed by atoms with Gasteiger partial charge in [-0.2, -0.15) is 0 Å². The number of amides is 2. The molecule has 2 aliphatic heterocycles. The van der Waals surface area contributed by atoms with Gasteiger partial charge in [-0.25, -0.2) is 9.59 Å². The van der Waals surface area contributed by atoms with Gasteiger partial charge >= 0.3 is 12.2 Å². The number of fused-ring (bicyclic) bond motifs is 1. The van der Waals surface area contributed by atoms with Gasteiger partial charge in [-0.05, 0) is 0 Å². The fraction of sp³-hybridized carbons (Fsp3) is 0.714. The molecule has 72 valence electrons. The van der Waals surface area contributed by atoms with E-state index in [-0.39, 0.29) is 12.0 Å². The van der Waals surface area contributed by atoms with Gasteiger partial charge in [0.05, 0.1) is 6.54 Å². The number of alkyl carbamates (subject to hydrolysis) is 1. The summed E-state index contributed by atoms with van der Waals surface area (Å²) in [6.07, 6.45) is -1.66. The van der Waals surface area contributed by atoms with Crippen LogP contribution in [-0.4, -0.2) is 47.9 Å². The molecule has 0 aromatic rings. The number of hydrogen-bond donors (Lipinski definition) is 2. The van der Waals surface area contributed by atoms with Crippen LogP contribution in [-0.2, 0) is 4.74 Å². The molecular formula is C7H10N2O4. The topological polar surface area (TPSA) is 78.9 Å². The van der Waals surface area contributed by atoms with Crippen LogP contribution in [0, 0.1) is 5.92 Å². The van der Waals surface area contributed by atoms with E-state index in [1.807, 2.05) is 0 Å². The van der Waals surface area contributed by atoms with Crippen LogP contribution in [0.5, 0.6) is 0 Å². The first-order valence-corrected chi connectivity index (χ1v) is 4.09. The lowest BCUT2D eigenvalue weighted by Crippen LogP contribution is -2.44. The molecule has 6 heteroatoms. The van der Waals surface area contributed by atoms with E-state index < -0.39 is 12.2 Å². The highest BCUT2D eigenvalue weighted by Crippen LogP contribution is 2.22. The molecule has 2 rings (SSSR count). The zero-order valence-corrected chi connectivity index (χ0v) is 6.90. The highest BCUT2D eigenvalue weighted by atomic mass is 16.6. The first kappa shape index (κ1) is 8.15. The number of rotatable bonds is 0. The normalized spacial score (nSPS) is 32.0. The number of likely N-dealkylation sites (tertiary alicyclic amines) is 1. The van der Waals surface area contributed by atoms with Gasteiger partial charge in [0.25, 0.3) is 0 Å². The largest absolute Gasteiger partial charge is 0.465 e. The van der Waals surface area contributed by atoms with Crippen LogP contribution in [0.3, 0.4) is 0 Å². The second-order valence-electron chi connectivity index (χ2n) is 3.27. The molecule has 2 atom stereocenters. The van der Waals surface area contributed by atoms with Crippen molar-refractivity contribution < 1.29 is 19.4 Å². The van der Waals surface area contributed by atoms with Crippen LogP contribution in [0.15, 0.2) is 0 Å². The molecule has 0 unspecified atom stereocenters. The number of carboxylic acid groups (broad SMARTS) is 1. The molecule has 2 fully saturated rings. The predicted octanol–water partition coefficient (Wildman–Crippen LogP) is -0.295. The lowest BCUT2D eigenvalue weighted by molar-refractivity contribution is 0.0592. The maximum absolute atomic E-state index is 10.8. The third kappa shape index (κ3) is 1.39. The molecule has 0 aromatic carbocycles. The second-order valence-corrected chi connectivity index (χ2v) is 3.27. The Labute approximate surface area is 74.5 Å². The Morgan fingerprint density at radius 2 is 2.38 bits per heavy atom. The fourth-order valence-corrected chi connectivity index (χ4v) is 1.72. The summed E-state index contributed by atoms with van der Waals surface area (Å²) in [4.78, 5) is 22.6. The van der Waals surface area contributed by atoms with Gasteiger partial charge in [-0.1, -0.05) is 0 Å². The molecule has 6 nitrogen and oxygen atoms in total. The van der Waals surface area contributed by atoms with Gasteiger partial charge in [0.2, 0.25) is 0 Å². The minimum atomic E-state index is -0.953. The van der Waals surface area contributed by atoms with E-state index >= 15 is 0 Å². The minimum Gasteiger partial charge on any atom is -0.465 e. The van der Waals surface area contributed by atoms with E-state index in [4.69, 9.17) is 9.84 Å². The molecule has 2 N–H and O–H groups in total. The van der Waals surface area contributed by atoms with Gasteiger partial charge in [-0.3, -0.25) is 0 Å². The van der Waals surface area contributed by atoms with E-state index in [1.165, 1.54) is 4.90 Å². The summed E-state index contributed by atoms with van der Waals surface area (Å²) in [6, 6.07) is 0. The SMILES string of the molecule is O=C1NC[C@@H]2CN(C(=O)O)C[C@@H]2O1. The quantitative estimate of drug-likeness (QED) is 0.544. The average Bonchev–Trinajstić information content (AvgIpc) is 2.46. The van der Waals surface area contributed by atoms with Gasteiger partial charge < -0.3 is 20.1 Å². The Hall–Kier alpha value is -1.46. The Morgan fingerprint density at radius 3 is 3.08 bits per heavy atom. The van der Waals surface area contributed by atoms with Crippen molar-refractivity contribution in [2.24, 2.45) is 5.92 Å². The van der Waals surface area contributed by atoms with Gasteiger partial charge in [0.1, 0.15) is 6.10 Å². The van der Waals surface area contributed by atoms with E-state index in [1.54, 1.807) is 0 Å². The fourth-order valence-electron chi connectivity index (χ4n) is 1.72. The lowest BCUT2D eigenvalue weighted by Gasteiger charge is -2.24. The van der Waals surface area contributed by atoms with Crippen LogP contribution in [0.25, 0.3) is 0 Å². The number of carbonyl (C=O) groups excluding carboxylic acids is 1. The molecule has 0 aromatic heterocycles. The van der Waals surface area contributed by atoms with Crippen molar-refractivity contribution >= 4 is 12.2 Å². The second kappa shape index (κ2) is 2.79. The smallest absolute Gasteiger partial charge is 0.407 e. The molecule has 0 spiro atoms. The zero-order valence-electron chi connectivity index (χ0n) is 6.90. The minimum absolute atomic E-state index is 0.105. The van der Waals surface area contributed by atoms with Crippen LogP contribution in [0.1, 0.15) is 0 Å². The van der Waals surface area contributed by atoms with Crippen molar-refractivity contribution in [2.75, 3.05) is 19.6 Å². The van der Waals surface area contributed by atoms with E-state index in [9.17, 15) is 9.59 Å². The van der Waals surface area contributed by atoms with Crippen molar-refractivity contribution in [3.05, 3.63) is 0 Å². The van der Waals surface area contributed by atoms with Gasteiger partial charge in [0, 0.05) is 19.0 Å². The highest BCUT2D eigenvalue weighted by molar-refractivity contribution is 5.69. The summed E-state index contributed by atoms with van der Waals surface area (Å²) in [7, 11) is 0. The van der Waals surface area contributed by atoms with E-state index in [0.717, 1.165) is 0 Å². The van der Waals surface area contributed by atoms with Crippen molar-refractivity contribution in [1.29, 1.82) is 0 Å². The van der Waals surface area contributed by atoms with E-state index in [2.05, 4.69) is 5.32 Å². The summed E-state index contributed by atoms with van der Waals surface area (Å²) in [5, 5.41) is 11.2. The molecule has 13 heavy (non-hydrogen) atoms. The van der Waals surface area contributed by atoms with Crippen molar-refractivity contribution in [2.45, 2.75) is 6.10 Å². The first-order valence-electron chi connectivity index (χ1n) is 4.09. The van der Waals surface area contributed by atoms with Crippen LogP contribution >= 0.6 is 0 Å². The number of nitrogens with one attached hydrogen (secondary N) is 1. The van der Waals surface area contributed by atoms with Crippen molar-refractivity contribution in [3.8, 4) is 0 Å². The average molecular weight is 186 g/mol. The first-order chi connectivity index (χ1) is 6.16. The Morgan fingerprint density at radius 1 is 1.62 bits per heavy atom. The Balaban J connectivity index is 2.02. The third-order valence-corrected chi connectivity index (χ3v) is 2.42.